The van der Waals surface area contributed by atoms with Gasteiger partial charge in [-0.3, -0.25) is 0 Å². The standard InChI is InChI=1S/C13H20N2O3S/c1-10-11(3-2-4-13(10)14)9-15-19(16,17)12-5-7-18-8-6-12/h2-4,12,15H,5-9,14H2,1H3. The van der Waals surface area contributed by atoms with Crippen LogP contribution in [0.3, 0.4) is 0 Å². The number of hydrogen-bond acceptors (Lipinski definition) is 4. The monoisotopic (exact) mass is 284 g/mol. The molecule has 1 aliphatic rings. The number of hydrogen-bond donors (Lipinski definition) is 2. The minimum absolute atomic E-state index is 0.288. The summed E-state index contributed by atoms with van der Waals surface area (Å²) in [7, 11) is -3.28. The molecule has 1 fully saturated rings. The van der Waals surface area contributed by atoms with Crippen LogP contribution in [0.4, 0.5) is 5.69 Å². The molecule has 106 valence electrons. The molecule has 3 N–H and O–H groups in total. The predicted octanol–water partition coefficient (Wildman–Crippen LogP) is 1.18. The number of sulfonamides is 1. The molecule has 1 aliphatic heterocycles. The van der Waals surface area contributed by atoms with Gasteiger partial charge in [-0.15, -0.1) is 0 Å². The molecular weight excluding hydrogens is 264 g/mol. The van der Waals surface area contributed by atoms with Gasteiger partial charge in [-0.05, 0) is 37.0 Å². The molecule has 2 rings (SSSR count). The van der Waals surface area contributed by atoms with Gasteiger partial charge in [0.05, 0.1) is 5.25 Å². The Morgan fingerprint density at radius 3 is 2.74 bits per heavy atom. The maximum Gasteiger partial charge on any atom is 0.214 e. The molecule has 0 spiro atoms. The summed E-state index contributed by atoms with van der Waals surface area (Å²) in [5.74, 6) is 0. The van der Waals surface area contributed by atoms with E-state index in [2.05, 4.69) is 4.72 Å². The lowest BCUT2D eigenvalue weighted by molar-refractivity contribution is 0.0981. The van der Waals surface area contributed by atoms with Crippen LogP contribution in [0.15, 0.2) is 18.2 Å². The Labute approximate surface area is 114 Å². The number of ether oxygens (including phenoxy) is 1. The van der Waals surface area contributed by atoms with Crippen molar-refractivity contribution in [2.24, 2.45) is 0 Å². The Hall–Kier alpha value is -1.11. The van der Waals surface area contributed by atoms with Crippen LogP contribution in [-0.2, 0) is 21.3 Å². The van der Waals surface area contributed by atoms with Crippen LogP contribution in [0.5, 0.6) is 0 Å². The molecule has 0 bridgehead atoms. The molecule has 0 atom stereocenters. The molecule has 0 unspecified atom stereocenters. The van der Waals surface area contributed by atoms with Gasteiger partial charge < -0.3 is 10.5 Å². The van der Waals surface area contributed by atoms with E-state index in [1.54, 1.807) is 0 Å². The van der Waals surface area contributed by atoms with Gasteiger partial charge in [0.25, 0.3) is 0 Å². The van der Waals surface area contributed by atoms with Crippen molar-refractivity contribution in [2.45, 2.75) is 31.6 Å². The summed E-state index contributed by atoms with van der Waals surface area (Å²) >= 11 is 0. The highest BCUT2D eigenvalue weighted by atomic mass is 32.2. The Bertz CT molecular complexity index is 537. The van der Waals surface area contributed by atoms with Crippen molar-refractivity contribution in [2.75, 3.05) is 18.9 Å². The summed E-state index contributed by atoms with van der Waals surface area (Å²) in [5.41, 5.74) is 8.33. The summed E-state index contributed by atoms with van der Waals surface area (Å²) in [5, 5.41) is -0.345. The van der Waals surface area contributed by atoms with E-state index >= 15 is 0 Å². The first-order valence-electron chi connectivity index (χ1n) is 6.41. The molecule has 0 aromatic heterocycles. The third-order valence-corrected chi connectivity index (χ3v) is 5.45. The van der Waals surface area contributed by atoms with Crippen LogP contribution >= 0.6 is 0 Å². The molecule has 6 heteroatoms. The number of nitrogen functional groups attached to an aromatic ring is 1. The second-order valence-electron chi connectivity index (χ2n) is 4.81. The van der Waals surface area contributed by atoms with Gasteiger partial charge in [0.15, 0.2) is 0 Å². The van der Waals surface area contributed by atoms with E-state index in [0.717, 1.165) is 11.1 Å². The minimum Gasteiger partial charge on any atom is -0.399 e. The highest BCUT2D eigenvalue weighted by Gasteiger charge is 2.27. The lowest BCUT2D eigenvalue weighted by Gasteiger charge is -2.22. The van der Waals surface area contributed by atoms with Gasteiger partial charge in [-0.1, -0.05) is 12.1 Å². The number of nitrogens with one attached hydrogen (secondary N) is 1. The van der Waals surface area contributed by atoms with Gasteiger partial charge in [0.1, 0.15) is 0 Å². The Kier molecular flexibility index (Phi) is 4.44. The molecule has 0 saturated carbocycles. The smallest absolute Gasteiger partial charge is 0.214 e. The average molecular weight is 284 g/mol. The van der Waals surface area contributed by atoms with Crippen molar-refractivity contribution >= 4 is 15.7 Å². The van der Waals surface area contributed by atoms with E-state index in [1.807, 2.05) is 25.1 Å². The minimum atomic E-state index is -3.28. The fourth-order valence-corrected chi connectivity index (χ4v) is 3.58. The molecule has 0 amide bonds. The summed E-state index contributed by atoms with van der Waals surface area (Å²) in [6, 6.07) is 5.53. The largest absolute Gasteiger partial charge is 0.399 e. The first kappa shape index (κ1) is 14.3. The van der Waals surface area contributed by atoms with E-state index in [4.69, 9.17) is 10.5 Å². The fraction of sp³-hybridized carbons (Fsp3) is 0.538. The van der Waals surface area contributed by atoms with Gasteiger partial charge in [-0.2, -0.15) is 0 Å². The Balaban J connectivity index is 2.03. The first-order valence-corrected chi connectivity index (χ1v) is 7.95. The van der Waals surface area contributed by atoms with Crippen LogP contribution in [0.2, 0.25) is 0 Å². The van der Waals surface area contributed by atoms with Crippen molar-refractivity contribution in [1.82, 2.24) is 4.72 Å². The molecule has 0 radical (unpaired) electrons. The zero-order valence-electron chi connectivity index (χ0n) is 11.1. The highest BCUT2D eigenvalue weighted by molar-refractivity contribution is 7.90. The van der Waals surface area contributed by atoms with Gasteiger partial charge in [0, 0.05) is 25.4 Å². The molecule has 1 aromatic rings. The Morgan fingerprint density at radius 1 is 1.37 bits per heavy atom. The lowest BCUT2D eigenvalue weighted by Crippen LogP contribution is -2.37. The van der Waals surface area contributed by atoms with Crippen molar-refractivity contribution in [3.63, 3.8) is 0 Å². The summed E-state index contributed by atoms with van der Waals surface area (Å²) in [4.78, 5) is 0. The molecule has 5 nitrogen and oxygen atoms in total. The zero-order chi connectivity index (χ0) is 13.9. The van der Waals surface area contributed by atoms with Crippen molar-refractivity contribution < 1.29 is 13.2 Å². The number of rotatable bonds is 4. The highest BCUT2D eigenvalue weighted by Crippen LogP contribution is 2.18. The third-order valence-electron chi connectivity index (χ3n) is 3.56. The summed E-state index contributed by atoms with van der Waals surface area (Å²) < 4.78 is 32.2. The van der Waals surface area contributed by atoms with Gasteiger partial charge in [0.2, 0.25) is 10.0 Å². The normalized spacial score (nSPS) is 17.5. The maximum atomic E-state index is 12.2. The van der Waals surface area contributed by atoms with Gasteiger partial charge in [-0.25, -0.2) is 13.1 Å². The molecule has 1 aromatic carbocycles. The second kappa shape index (κ2) is 5.90. The van der Waals surface area contributed by atoms with Crippen LogP contribution in [0.1, 0.15) is 24.0 Å². The van der Waals surface area contributed by atoms with Crippen LogP contribution in [-0.4, -0.2) is 26.9 Å². The average Bonchev–Trinajstić information content (AvgIpc) is 2.41. The zero-order valence-corrected chi connectivity index (χ0v) is 11.9. The van der Waals surface area contributed by atoms with Crippen molar-refractivity contribution in [3.8, 4) is 0 Å². The Morgan fingerprint density at radius 2 is 2.05 bits per heavy atom. The molecule has 19 heavy (non-hydrogen) atoms. The van der Waals surface area contributed by atoms with Crippen LogP contribution in [0.25, 0.3) is 0 Å². The summed E-state index contributed by atoms with van der Waals surface area (Å²) in [6.45, 7) is 3.22. The van der Waals surface area contributed by atoms with E-state index < -0.39 is 10.0 Å². The van der Waals surface area contributed by atoms with Crippen LogP contribution < -0.4 is 10.5 Å². The first-order chi connectivity index (χ1) is 9.00. The van der Waals surface area contributed by atoms with Crippen molar-refractivity contribution in [3.05, 3.63) is 29.3 Å². The quantitative estimate of drug-likeness (QED) is 0.813. The van der Waals surface area contributed by atoms with Crippen molar-refractivity contribution in [1.29, 1.82) is 0 Å². The molecule has 0 aliphatic carbocycles. The number of nitrogens with two attached hydrogens (primary N) is 1. The fourth-order valence-electron chi connectivity index (χ4n) is 2.18. The SMILES string of the molecule is Cc1c(N)cccc1CNS(=O)(=O)C1CCOCC1. The lowest BCUT2D eigenvalue weighted by atomic mass is 10.1. The van der Waals surface area contributed by atoms with E-state index in [9.17, 15) is 8.42 Å². The number of anilines is 1. The third kappa shape index (κ3) is 3.46. The van der Waals surface area contributed by atoms with E-state index in [-0.39, 0.29) is 11.8 Å². The van der Waals surface area contributed by atoms with E-state index in [1.165, 1.54) is 0 Å². The van der Waals surface area contributed by atoms with Gasteiger partial charge >= 0.3 is 0 Å². The maximum absolute atomic E-state index is 12.2. The molecular formula is C13H20N2O3S. The van der Waals surface area contributed by atoms with E-state index in [0.29, 0.717) is 31.7 Å². The topological polar surface area (TPSA) is 81.4 Å². The molecule has 1 heterocycles. The summed E-state index contributed by atoms with van der Waals surface area (Å²) in [6.07, 6.45) is 1.12. The van der Waals surface area contributed by atoms with Crippen LogP contribution in [0, 0.1) is 6.92 Å². The number of benzene rings is 1. The second-order valence-corrected chi connectivity index (χ2v) is 6.85. The molecule has 1 saturated heterocycles. The predicted molar refractivity (Wildman–Crippen MR) is 75.2 cm³/mol.